The van der Waals surface area contributed by atoms with Crippen molar-refractivity contribution in [1.29, 1.82) is 0 Å². The number of aromatic nitrogens is 4. The molecule has 0 aliphatic carbocycles. The molecule has 11 heteroatoms. The number of aryl methyl sites for hydroxylation is 1. The number of benzene rings is 1. The Morgan fingerprint density at radius 1 is 1.15 bits per heavy atom. The van der Waals surface area contributed by atoms with E-state index in [1.54, 1.807) is 11.4 Å². The van der Waals surface area contributed by atoms with Gasteiger partial charge in [-0.1, -0.05) is 36.8 Å². The SMILES string of the molecule is CCN(CCNC(=O)C1CN(c2ccc3nnc(-c4ccc(C)cc4)n3n2)C1)CC(F)(F)F. The minimum Gasteiger partial charge on any atom is -0.354 e. The molecule has 0 spiro atoms. The average molecular weight is 461 g/mol. The molecular formula is C22H26F3N7O. The molecule has 8 nitrogen and oxygen atoms in total. The van der Waals surface area contributed by atoms with Gasteiger partial charge in [-0.15, -0.1) is 15.3 Å². The number of fused-ring (bicyclic) bond motifs is 1. The number of carbonyl (C=O) groups is 1. The molecule has 1 aromatic carbocycles. The molecule has 0 saturated carbocycles. The van der Waals surface area contributed by atoms with Crippen LogP contribution in [0, 0.1) is 12.8 Å². The van der Waals surface area contributed by atoms with Crippen molar-refractivity contribution in [3.8, 4) is 11.4 Å². The molecule has 0 bridgehead atoms. The summed E-state index contributed by atoms with van der Waals surface area (Å²) in [4.78, 5) is 15.6. The number of hydrogen-bond donors (Lipinski definition) is 1. The molecule has 1 N–H and O–H groups in total. The lowest BCUT2D eigenvalue weighted by atomic mass is 9.99. The number of alkyl halides is 3. The Bertz CT molecular complexity index is 1110. The molecule has 176 valence electrons. The summed E-state index contributed by atoms with van der Waals surface area (Å²) >= 11 is 0. The summed E-state index contributed by atoms with van der Waals surface area (Å²) in [5, 5.41) is 15.8. The zero-order chi connectivity index (χ0) is 23.6. The van der Waals surface area contributed by atoms with Crippen LogP contribution in [-0.2, 0) is 4.79 Å². The second-order valence-corrected chi connectivity index (χ2v) is 8.23. The molecule has 3 aromatic rings. The molecule has 1 saturated heterocycles. The topological polar surface area (TPSA) is 78.7 Å². The van der Waals surface area contributed by atoms with Gasteiger partial charge in [-0.3, -0.25) is 9.69 Å². The van der Waals surface area contributed by atoms with Crippen molar-refractivity contribution in [2.24, 2.45) is 5.92 Å². The molecule has 1 amide bonds. The third-order valence-electron chi connectivity index (χ3n) is 5.71. The Hall–Kier alpha value is -3.21. The van der Waals surface area contributed by atoms with Gasteiger partial charge in [-0.2, -0.15) is 17.7 Å². The number of rotatable bonds is 8. The van der Waals surface area contributed by atoms with Crippen molar-refractivity contribution < 1.29 is 18.0 Å². The Kier molecular flexibility index (Phi) is 6.50. The summed E-state index contributed by atoms with van der Waals surface area (Å²) in [5.41, 5.74) is 2.68. The lowest BCUT2D eigenvalue weighted by Crippen LogP contribution is -2.54. The highest BCUT2D eigenvalue weighted by atomic mass is 19.4. The lowest BCUT2D eigenvalue weighted by molar-refractivity contribution is -0.145. The van der Waals surface area contributed by atoms with Gasteiger partial charge in [0.25, 0.3) is 0 Å². The first-order chi connectivity index (χ1) is 15.7. The third-order valence-corrected chi connectivity index (χ3v) is 5.71. The first-order valence-electron chi connectivity index (χ1n) is 10.8. The van der Waals surface area contributed by atoms with E-state index in [1.165, 1.54) is 4.90 Å². The second kappa shape index (κ2) is 9.34. The highest BCUT2D eigenvalue weighted by molar-refractivity contribution is 5.81. The van der Waals surface area contributed by atoms with Gasteiger partial charge in [-0.25, -0.2) is 0 Å². The zero-order valence-electron chi connectivity index (χ0n) is 18.5. The number of amides is 1. The Morgan fingerprint density at radius 3 is 2.55 bits per heavy atom. The van der Waals surface area contributed by atoms with Gasteiger partial charge < -0.3 is 10.2 Å². The smallest absolute Gasteiger partial charge is 0.354 e. The minimum atomic E-state index is -4.24. The van der Waals surface area contributed by atoms with Gasteiger partial charge in [-0.05, 0) is 25.6 Å². The molecular weight excluding hydrogens is 435 g/mol. The standard InChI is InChI=1S/C22H26F3N7O/c1-3-30(14-22(23,24)25)11-10-26-21(33)17-12-31(13-17)19-9-8-18-27-28-20(32(18)29-19)16-6-4-15(2)5-7-16/h4-9,17H,3,10-14H2,1-2H3,(H,26,33). The van der Waals surface area contributed by atoms with E-state index < -0.39 is 12.7 Å². The Labute approximate surface area is 189 Å². The van der Waals surface area contributed by atoms with Crippen LogP contribution in [0.25, 0.3) is 17.0 Å². The van der Waals surface area contributed by atoms with Crippen molar-refractivity contribution in [3.05, 3.63) is 42.0 Å². The van der Waals surface area contributed by atoms with Gasteiger partial charge in [0.1, 0.15) is 5.82 Å². The van der Waals surface area contributed by atoms with Gasteiger partial charge in [0.05, 0.1) is 12.5 Å². The van der Waals surface area contributed by atoms with E-state index in [9.17, 15) is 18.0 Å². The molecule has 4 rings (SSSR count). The lowest BCUT2D eigenvalue weighted by Gasteiger charge is -2.39. The molecule has 1 fully saturated rings. The molecule has 0 atom stereocenters. The van der Waals surface area contributed by atoms with Crippen molar-refractivity contribution in [1.82, 2.24) is 30.0 Å². The molecule has 1 aliphatic rings. The summed E-state index contributed by atoms with van der Waals surface area (Å²) in [6.45, 7) is 4.31. The van der Waals surface area contributed by atoms with Crippen LogP contribution < -0.4 is 10.2 Å². The first kappa shape index (κ1) is 23.0. The maximum Gasteiger partial charge on any atom is 0.401 e. The highest BCUT2D eigenvalue weighted by Gasteiger charge is 2.34. The van der Waals surface area contributed by atoms with Gasteiger partial charge in [0.15, 0.2) is 11.5 Å². The van der Waals surface area contributed by atoms with Crippen LogP contribution in [0.2, 0.25) is 0 Å². The van der Waals surface area contributed by atoms with Crippen molar-refractivity contribution in [2.75, 3.05) is 44.2 Å². The molecule has 2 aromatic heterocycles. The van der Waals surface area contributed by atoms with E-state index in [-0.39, 0.29) is 31.5 Å². The van der Waals surface area contributed by atoms with E-state index in [2.05, 4.69) is 20.6 Å². The molecule has 0 unspecified atom stereocenters. The van der Waals surface area contributed by atoms with Crippen LogP contribution in [0.3, 0.4) is 0 Å². The van der Waals surface area contributed by atoms with E-state index in [4.69, 9.17) is 0 Å². The number of nitrogens with one attached hydrogen (secondary N) is 1. The van der Waals surface area contributed by atoms with Crippen LogP contribution >= 0.6 is 0 Å². The zero-order valence-corrected chi connectivity index (χ0v) is 18.5. The van der Waals surface area contributed by atoms with E-state index in [0.29, 0.717) is 30.4 Å². The van der Waals surface area contributed by atoms with E-state index >= 15 is 0 Å². The highest BCUT2D eigenvalue weighted by Crippen LogP contribution is 2.25. The van der Waals surface area contributed by atoms with Crippen molar-refractivity contribution >= 4 is 17.4 Å². The summed E-state index contributed by atoms with van der Waals surface area (Å²) in [6, 6.07) is 11.6. The van der Waals surface area contributed by atoms with Crippen molar-refractivity contribution in [3.63, 3.8) is 0 Å². The predicted molar refractivity (Wildman–Crippen MR) is 118 cm³/mol. The number of likely N-dealkylation sites (N-methyl/N-ethyl adjacent to an activating group) is 1. The maximum atomic E-state index is 12.5. The number of carbonyl (C=O) groups excluding carboxylic acids is 1. The van der Waals surface area contributed by atoms with Crippen LogP contribution in [0.15, 0.2) is 36.4 Å². The van der Waals surface area contributed by atoms with Crippen molar-refractivity contribution in [2.45, 2.75) is 20.0 Å². The van der Waals surface area contributed by atoms with Crippen LogP contribution in [-0.4, -0.2) is 76.1 Å². The fourth-order valence-corrected chi connectivity index (χ4v) is 3.75. The van der Waals surface area contributed by atoms with Gasteiger partial charge in [0.2, 0.25) is 5.91 Å². The molecule has 0 radical (unpaired) electrons. The monoisotopic (exact) mass is 461 g/mol. The molecule has 3 heterocycles. The van der Waals surface area contributed by atoms with E-state index in [0.717, 1.165) is 11.1 Å². The Balaban J connectivity index is 1.33. The summed E-state index contributed by atoms with van der Waals surface area (Å²) < 4.78 is 39.3. The summed E-state index contributed by atoms with van der Waals surface area (Å²) in [5.74, 6) is 0.973. The van der Waals surface area contributed by atoms with Crippen LogP contribution in [0.1, 0.15) is 12.5 Å². The van der Waals surface area contributed by atoms with Crippen LogP contribution in [0.5, 0.6) is 0 Å². The molecule has 1 aliphatic heterocycles. The quantitative estimate of drug-likeness (QED) is 0.556. The summed E-state index contributed by atoms with van der Waals surface area (Å²) in [7, 11) is 0. The first-order valence-corrected chi connectivity index (χ1v) is 10.8. The van der Waals surface area contributed by atoms with Crippen LogP contribution in [0.4, 0.5) is 19.0 Å². The Morgan fingerprint density at radius 2 is 1.88 bits per heavy atom. The number of nitrogens with zero attached hydrogens (tertiary/aromatic N) is 6. The maximum absolute atomic E-state index is 12.5. The third kappa shape index (κ3) is 5.41. The fourth-order valence-electron chi connectivity index (χ4n) is 3.75. The number of anilines is 1. The average Bonchev–Trinajstić information content (AvgIpc) is 3.15. The number of hydrogen-bond acceptors (Lipinski definition) is 6. The van der Waals surface area contributed by atoms with Gasteiger partial charge >= 0.3 is 6.18 Å². The van der Waals surface area contributed by atoms with Gasteiger partial charge in [0, 0.05) is 31.7 Å². The molecule has 33 heavy (non-hydrogen) atoms. The second-order valence-electron chi connectivity index (χ2n) is 8.23. The normalized spacial score (nSPS) is 14.7. The number of halogens is 3. The summed E-state index contributed by atoms with van der Waals surface area (Å²) in [6.07, 6.45) is -4.24. The predicted octanol–water partition coefficient (Wildman–Crippen LogP) is 2.54. The fraction of sp³-hybridized carbons (Fsp3) is 0.455. The van der Waals surface area contributed by atoms with E-state index in [1.807, 2.05) is 48.2 Å². The largest absolute Gasteiger partial charge is 0.401 e. The minimum absolute atomic E-state index is 0.153.